The zero-order valence-electron chi connectivity index (χ0n) is 13.5. The van der Waals surface area contributed by atoms with E-state index < -0.39 is 10.0 Å². The number of carbonyl (C=O) groups is 1. The van der Waals surface area contributed by atoms with E-state index in [4.69, 9.17) is 5.14 Å². The molecular weight excluding hydrogens is 338 g/mol. The van der Waals surface area contributed by atoms with E-state index in [9.17, 15) is 13.2 Å². The fourth-order valence-electron chi connectivity index (χ4n) is 2.49. The lowest BCUT2D eigenvalue weighted by Gasteiger charge is -2.14. The van der Waals surface area contributed by atoms with Crippen LogP contribution in [0.15, 0.2) is 65.6 Å². The minimum Gasteiger partial charge on any atom is -0.344 e. The highest BCUT2D eigenvalue weighted by molar-refractivity contribution is 7.89. The summed E-state index contributed by atoms with van der Waals surface area (Å²) in [5.74, 6) is -0.297. The van der Waals surface area contributed by atoms with E-state index >= 15 is 0 Å². The van der Waals surface area contributed by atoms with Crippen LogP contribution in [0.1, 0.15) is 29.0 Å². The van der Waals surface area contributed by atoms with Crippen molar-refractivity contribution in [1.82, 2.24) is 10.3 Å². The molecule has 1 amide bonds. The highest BCUT2D eigenvalue weighted by atomic mass is 32.2. The summed E-state index contributed by atoms with van der Waals surface area (Å²) in [5, 5.41) is 8.90. The number of hydrogen-bond acceptors (Lipinski definition) is 4. The predicted octanol–water partition coefficient (Wildman–Crippen LogP) is 2.37. The second-order valence-corrected chi connectivity index (χ2v) is 7.26. The number of primary sulfonamides is 1. The molecule has 0 radical (unpaired) electrons. The summed E-state index contributed by atoms with van der Waals surface area (Å²) in [4.78, 5) is 16.8. The Hall–Kier alpha value is -2.77. The van der Waals surface area contributed by atoms with Crippen molar-refractivity contribution in [2.24, 2.45) is 5.14 Å². The van der Waals surface area contributed by atoms with Gasteiger partial charge in [-0.05, 0) is 36.8 Å². The van der Waals surface area contributed by atoms with Crippen molar-refractivity contribution in [3.8, 4) is 0 Å². The molecular formula is C18H17N3O3S. The van der Waals surface area contributed by atoms with Gasteiger partial charge in [0.1, 0.15) is 5.69 Å². The van der Waals surface area contributed by atoms with Crippen LogP contribution in [0.4, 0.5) is 0 Å². The number of amides is 1. The number of fused-ring (bicyclic) bond motifs is 1. The van der Waals surface area contributed by atoms with Crippen molar-refractivity contribution in [3.05, 3.63) is 71.9 Å². The van der Waals surface area contributed by atoms with Crippen molar-refractivity contribution in [1.29, 1.82) is 0 Å². The molecule has 1 atom stereocenters. The molecule has 0 aliphatic rings. The van der Waals surface area contributed by atoms with Gasteiger partial charge < -0.3 is 5.32 Å². The number of carbonyl (C=O) groups excluding carboxylic acids is 1. The quantitative estimate of drug-likeness (QED) is 0.750. The molecule has 7 heteroatoms. The smallest absolute Gasteiger partial charge is 0.270 e. The first kappa shape index (κ1) is 17.1. The molecule has 0 spiro atoms. The van der Waals surface area contributed by atoms with Gasteiger partial charge in [0.2, 0.25) is 10.0 Å². The van der Waals surface area contributed by atoms with Crippen molar-refractivity contribution >= 4 is 26.8 Å². The van der Waals surface area contributed by atoms with Crippen molar-refractivity contribution in [3.63, 3.8) is 0 Å². The second kappa shape index (κ2) is 6.62. The summed E-state index contributed by atoms with van der Waals surface area (Å²) >= 11 is 0. The van der Waals surface area contributed by atoms with Crippen LogP contribution in [-0.2, 0) is 10.0 Å². The number of para-hydroxylation sites is 1. The van der Waals surface area contributed by atoms with Gasteiger partial charge in [-0.1, -0.05) is 36.4 Å². The molecule has 0 unspecified atom stereocenters. The third-order valence-corrected chi connectivity index (χ3v) is 4.82. The molecule has 128 valence electrons. The van der Waals surface area contributed by atoms with Crippen LogP contribution in [0.3, 0.4) is 0 Å². The maximum atomic E-state index is 12.4. The van der Waals surface area contributed by atoms with Crippen LogP contribution in [0, 0.1) is 0 Å². The molecule has 0 fully saturated rings. The summed E-state index contributed by atoms with van der Waals surface area (Å²) in [7, 11) is -3.73. The van der Waals surface area contributed by atoms with Crippen molar-refractivity contribution in [2.75, 3.05) is 0 Å². The maximum Gasteiger partial charge on any atom is 0.270 e. The number of pyridine rings is 1. The number of benzene rings is 2. The largest absolute Gasteiger partial charge is 0.344 e. The minimum atomic E-state index is -3.73. The summed E-state index contributed by atoms with van der Waals surface area (Å²) in [5.41, 5.74) is 1.84. The summed E-state index contributed by atoms with van der Waals surface area (Å²) < 4.78 is 22.6. The molecule has 1 aromatic heterocycles. The molecule has 0 bridgehead atoms. The van der Waals surface area contributed by atoms with Gasteiger partial charge >= 0.3 is 0 Å². The third kappa shape index (κ3) is 3.84. The van der Waals surface area contributed by atoms with E-state index in [-0.39, 0.29) is 16.8 Å². The fourth-order valence-corrected chi connectivity index (χ4v) is 3.01. The van der Waals surface area contributed by atoms with Gasteiger partial charge in [-0.3, -0.25) is 4.79 Å². The Labute approximate surface area is 145 Å². The molecule has 1 heterocycles. The van der Waals surface area contributed by atoms with Gasteiger partial charge in [-0.15, -0.1) is 0 Å². The molecule has 3 rings (SSSR count). The number of sulfonamides is 1. The Morgan fingerprint density at radius 3 is 2.40 bits per heavy atom. The fraction of sp³-hybridized carbons (Fsp3) is 0.111. The number of hydrogen-bond donors (Lipinski definition) is 2. The molecule has 2 aromatic carbocycles. The van der Waals surface area contributed by atoms with Crippen LogP contribution >= 0.6 is 0 Å². The van der Waals surface area contributed by atoms with E-state index in [1.54, 1.807) is 18.2 Å². The zero-order valence-corrected chi connectivity index (χ0v) is 14.3. The number of aromatic nitrogens is 1. The highest BCUT2D eigenvalue weighted by Gasteiger charge is 2.14. The first-order valence-electron chi connectivity index (χ1n) is 7.64. The average molecular weight is 355 g/mol. The van der Waals surface area contributed by atoms with E-state index in [0.717, 1.165) is 16.5 Å². The third-order valence-electron chi connectivity index (χ3n) is 3.89. The average Bonchev–Trinajstić information content (AvgIpc) is 2.60. The Balaban J connectivity index is 1.77. The summed E-state index contributed by atoms with van der Waals surface area (Å²) in [6.45, 7) is 1.81. The first-order chi connectivity index (χ1) is 11.8. The van der Waals surface area contributed by atoms with E-state index in [0.29, 0.717) is 5.69 Å². The van der Waals surface area contributed by atoms with Crippen molar-refractivity contribution in [2.45, 2.75) is 17.9 Å². The molecule has 3 aromatic rings. The maximum absolute atomic E-state index is 12.4. The van der Waals surface area contributed by atoms with Gasteiger partial charge in [0, 0.05) is 5.39 Å². The van der Waals surface area contributed by atoms with Gasteiger partial charge in [0.15, 0.2) is 0 Å². The lowest BCUT2D eigenvalue weighted by Crippen LogP contribution is -2.27. The second-order valence-electron chi connectivity index (χ2n) is 5.70. The number of nitrogens with two attached hydrogens (primary N) is 1. The summed E-state index contributed by atoms with van der Waals surface area (Å²) in [6.07, 6.45) is 0. The Morgan fingerprint density at radius 2 is 1.72 bits per heavy atom. The Kier molecular flexibility index (Phi) is 4.52. The number of rotatable bonds is 4. The number of nitrogens with zero attached hydrogens (tertiary/aromatic N) is 1. The molecule has 6 nitrogen and oxygen atoms in total. The van der Waals surface area contributed by atoms with E-state index in [1.807, 2.05) is 37.3 Å². The predicted molar refractivity (Wildman–Crippen MR) is 95.4 cm³/mol. The minimum absolute atomic E-state index is 0.0333. The zero-order chi connectivity index (χ0) is 18.0. The Bertz CT molecular complexity index is 1030. The lowest BCUT2D eigenvalue weighted by atomic mass is 10.1. The lowest BCUT2D eigenvalue weighted by molar-refractivity contribution is 0.0935. The molecule has 0 saturated carbocycles. The molecule has 25 heavy (non-hydrogen) atoms. The summed E-state index contributed by atoms with van der Waals surface area (Å²) in [6, 6.07) is 16.9. The van der Waals surface area contributed by atoms with Gasteiger partial charge in [-0.25, -0.2) is 18.5 Å². The van der Waals surface area contributed by atoms with Crippen LogP contribution < -0.4 is 10.5 Å². The van der Waals surface area contributed by atoms with E-state index in [1.165, 1.54) is 12.1 Å². The topological polar surface area (TPSA) is 102 Å². The SMILES string of the molecule is C[C@H](NC(=O)c1ccc2ccccc2n1)c1ccc(S(N)(=O)=O)cc1. The molecule has 3 N–H and O–H groups in total. The van der Waals surface area contributed by atoms with Crippen molar-refractivity contribution < 1.29 is 13.2 Å². The normalized spacial score (nSPS) is 12.7. The highest BCUT2D eigenvalue weighted by Crippen LogP contribution is 2.17. The monoisotopic (exact) mass is 355 g/mol. The van der Waals surface area contributed by atoms with Crippen LogP contribution in [0.5, 0.6) is 0 Å². The van der Waals surface area contributed by atoms with Crippen LogP contribution in [-0.4, -0.2) is 19.3 Å². The van der Waals surface area contributed by atoms with Crippen LogP contribution in [0.2, 0.25) is 0 Å². The molecule has 0 saturated heterocycles. The standard InChI is InChI=1S/C18H17N3O3S/c1-12(13-6-9-15(10-7-13)25(19,23)24)20-18(22)17-11-8-14-4-2-3-5-16(14)21-17/h2-12H,1H3,(H,20,22)(H2,19,23,24)/t12-/m0/s1. The van der Waals surface area contributed by atoms with Gasteiger partial charge in [-0.2, -0.15) is 0 Å². The van der Waals surface area contributed by atoms with Gasteiger partial charge in [0.25, 0.3) is 5.91 Å². The first-order valence-corrected chi connectivity index (χ1v) is 9.18. The van der Waals surface area contributed by atoms with Gasteiger partial charge in [0.05, 0.1) is 16.5 Å². The Morgan fingerprint density at radius 1 is 1.04 bits per heavy atom. The molecule has 0 aliphatic carbocycles. The van der Waals surface area contributed by atoms with E-state index in [2.05, 4.69) is 10.3 Å². The molecule has 0 aliphatic heterocycles. The number of nitrogens with one attached hydrogen (secondary N) is 1. The van der Waals surface area contributed by atoms with Crippen LogP contribution in [0.25, 0.3) is 10.9 Å².